The summed E-state index contributed by atoms with van der Waals surface area (Å²) in [6, 6.07) is 10.3. The van der Waals surface area contributed by atoms with E-state index in [0.717, 1.165) is 6.07 Å². The van der Waals surface area contributed by atoms with Crippen molar-refractivity contribution in [2.24, 2.45) is 0 Å². The van der Waals surface area contributed by atoms with Crippen molar-refractivity contribution in [3.05, 3.63) is 53.8 Å². The van der Waals surface area contributed by atoms with Crippen LogP contribution in [-0.2, 0) is 14.3 Å². The monoisotopic (exact) mass is 402 g/mol. The van der Waals surface area contributed by atoms with Crippen LogP contribution in [0.4, 0.5) is 10.1 Å². The summed E-state index contributed by atoms with van der Waals surface area (Å²) in [5, 5.41) is 4.86. The van der Waals surface area contributed by atoms with Gasteiger partial charge in [0.15, 0.2) is 17.6 Å². The number of carbonyl (C=O) groups excluding carboxylic acids is 3. The molecule has 1 atom stereocenters. The van der Waals surface area contributed by atoms with Crippen molar-refractivity contribution in [3.63, 3.8) is 0 Å². The summed E-state index contributed by atoms with van der Waals surface area (Å²) in [7, 11) is 0. The van der Waals surface area contributed by atoms with Crippen LogP contribution in [0.1, 0.15) is 17.3 Å². The number of benzene rings is 2. The Morgan fingerprint density at radius 3 is 2.59 bits per heavy atom. The molecule has 3 rings (SSSR count). The lowest BCUT2D eigenvalue weighted by Gasteiger charge is -2.19. The summed E-state index contributed by atoms with van der Waals surface area (Å²) in [4.78, 5) is 36.0. The van der Waals surface area contributed by atoms with E-state index in [1.807, 2.05) is 0 Å². The molecule has 0 radical (unpaired) electrons. The minimum absolute atomic E-state index is 0.190. The zero-order valence-corrected chi connectivity index (χ0v) is 15.6. The highest BCUT2D eigenvalue weighted by Gasteiger charge is 2.20. The maximum absolute atomic E-state index is 13.5. The van der Waals surface area contributed by atoms with Crippen LogP contribution in [0.2, 0.25) is 0 Å². The third kappa shape index (κ3) is 5.22. The van der Waals surface area contributed by atoms with Crippen LogP contribution in [0.5, 0.6) is 11.5 Å². The second kappa shape index (κ2) is 9.05. The highest BCUT2D eigenvalue weighted by molar-refractivity contribution is 5.97. The molecule has 2 aromatic rings. The van der Waals surface area contributed by atoms with Gasteiger partial charge in [0, 0.05) is 11.8 Å². The average Bonchev–Trinajstić information content (AvgIpc) is 2.72. The van der Waals surface area contributed by atoms with E-state index in [9.17, 15) is 18.8 Å². The summed E-state index contributed by atoms with van der Waals surface area (Å²) in [5.74, 6) is -1.76. The number of anilines is 1. The number of carbonyl (C=O) groups is 3. The molecule has 2 aromatic carbocycles. The van der Waals surface area contributed by atoms with Gasteiger partial charge in [0.05, 0.1) is 5.56 Å². The first kappa shape index (κ1) is 20.1. The van der Waals surface area contributed by atoms with Crippen molar-refractivity contribution in [3.8, 4) is 11.5 Å². The van der Waals surface area contributed by atoms with Crippen molar-refractivity contribution < 1.29 is 33.0 Å². The molecular formula is C20H19FN2O6. The molecule has 0 saturated carbocycles. The van der Waals surface area contributed by atoms with Gasteiger partial charge in [0.2, 0.25) is 0 Å². The third-order valence-corrected chi connectivity index (χ3v) is 4.00. The van der Waals surface area contributed by atoms with Gasteiger partial charge in [0.25, 0.3) is 11.8 Å². The van der Waals surface area contributed by atoms with Crippen molar-refractivity contribution >= 4 is 23.5 Å². The Morgan fingerprint density at radius 1 is 1.10 bits per heavy atom. The fourth-order valence-electron chi connectivity index (χ4n) is 2.55. The van der Waals surface area contributed by atoms with E-state index >= 15 is 0 Å². The standard InChI is InChI=1S/C20H19FN2O6/c1-12(19(25)23-13-6-7-16-17(10-13)28-9-8-27-16)29-18(24)11-22-20(26)14-4-2-3-5-15(14)21/h2-7,10,12H,8-9,11H2,1H3,(H,22,26)(H,23,25)/t12-/m1/s1. The molecule has 0 spiro atoms. The molecule has 9 heteroatoms. The Kier molecular flexibility index (Phi) is 6.28. The van der Waals surface area contributed by atoms with E-state index in [2.05, 4.69) is 10.6 Å². The minimum Gasteiger partial charge on any atom is -0.486 e. The summed E-state index contributed by atoms with van der Waals surface area (Å²) in [6.45, 7) is 1.76. The Labute approximate surface area is 165 Å². The SMILES string of the molecule is C[C@@H](OC(=O)CNC(=O)c1ccccc1F)C(=O)Nc1ccc2c(c1)OCCO2. The van der Waals surface area contributed by atoms with Crippen LogP contribution in [-0.4, -0.2) is 43.6 Å². The molecular weight excluding hydrogens is 383 g/mol. The number of ether oxygens (including phenoxy) is 3. The largest absolute Gasteiger partial charge is 0.486 e. The van der Waals surface area contributed by atoms with Gasteiger partial charge in [-0.25, -0.2) is 4.39 Å². The van der Waals surface area contributed by atoms with E-state index < -0.39 is 36.2 Å². The van der Waals surface area contributed by atoms with Gasteiger partial charge < -0.3 is 24.8 Å². The van der Waals surface area contributed by atoms with E-state index in [-0.39, 0.29) is 5.56 Å². The zero-order chi connectivity index (χ0) is 20.8. The lowest BCUT2D eigenvalue weighted by Crippen LogP contribution is -2.36. The fraction of sp³-hybridized carbons (Fsp3) is 0.250. The first-order valence-electron chi connectivity index (χ1n) is 8.87. The van der Waals surface area contributed by atoms with Gasteiger partial charge >= 0.3 is 5.97 Å². The summed E-state index contributed by atoms with van der Waals surface area (Å²) >= 11 is 0. The molecule has 0 aliphatic carbocycles. The molecule has 1 heterocycles. The maximum atomic E-state index is 13.5. The van der Waals surface area contributed by atoms with Crippen molar-refractivity contribution in [2.45, 2.75) is 13.0 Å². The summed E-state index contributed by atoms with van der Waals surface area (Å²) in [5.41, 5.74) is 0.264. The molecule has 0 bridgehead atoms. The Hall–Kier alpha value is -3.62. The van der Waals surface area contributed by atoms with E-state index in [1.54, 1.807) is 18.2 Å². The Bertz CT molecular complexity index is 933. The molecule has 2 amide bonds. The molecule has 8 nitrogen and oxygen atoms in total. The highest BCUT2D eigenvalue weighted by Crippen LogP contribution is 2.32. The first-order chi connectivity index (χ1) is 13.9. The quantitative estimate of drug-likeness (QED) is 0.716. The molecule has 0 aromatic heterocycles. The fourth-order valence-corrected chi connectivity index (χ4v) is 2.55. The lowest BCUT2D eigenvalue weighted by atomic mass is 10.2. The average molecular weight is 402 g/mol. The van der Waals surface area contributed by atoms with Crippen LogP contribution >= 0.6 is 0 Å². The predicted molar refractivity (Wildman–Crippen MR) is 100 cm³/mol. The number of hydrogen-bond acceptors (Lipinski definition) is 6. The predicted octanol–water partition coefficient (Wildman–Crippen LogP) is 1.90. The second-order valence-corrected chi connectivity index (χ2v) is 6.14. The van der Waals surface area contributed by atoms with Gasteiger partial charge in [0.1, 0.15) is 25.6 Å². The smallest absolute Gasteiger partial charge is 0.326 e. The van der Waals surface area contributed by atoms with Crippen molar-refractivity contribution in [2.75, 3.05) is 25.1 Å². The van der Waals surface area contributed by atoms with Gasteiger partial charge in [-0.05, 0) is 31.2 Å². The molecule has 1 aliphatic heterocycles. The van der Waals surface area contributed by atoms with Gasteiger partial charge in [-0.3, -0.25) is 14.4 Å². The van der Waals surface area contributed by atoms with Crippen LogP contribution in [0.25, 0.3) is 0 Å². The zero-order valence-electron chi connectivity index (χ0n) is 15.6. The molecule has 1 aliphatic rings. The van der Waals surface area contributed by atoms with Crippen molar-refractivity contribution in [1.29, 1.82) is 0 Å². The van der Waals surface area contributed by atoms with Crippen LogP contribution in [0.3, 0.4) is 0 Å². The third-order valence-electron chi connectivity index (χ3n) is 4.00. The first-order valence-corrected chi connectivity index (χ1v) is 8.87. The summed E-state index contributed by atoms with van der Waals surface area (Å²) in [6.07, 6.45) is -1.11. The molecule has 0 fully saturated rings. The van der Waals surface area contributed by atoms with Crippen molar-refractivity contribution in [1.82, 2.24) is 5.32 Å². The normalized spacial score (nSPS) is 13.2. The van der Waals surface area contributed by atoms with Crippen LogP contribution in [0.15, 0.2) is 42.5 Å². The molecule has 0 unspecified atom stereocenters. The molecule has 2 N–H and O–H groups in total. The number of fused-ring (bicyclic) bond motifs is 1. The number of hydrogen-bond donors (Lipinski definition) is 2. The number of esters is 1. The number of amides is 2. The molecule has 152 valence electrons. The molecule has 29 heavy (non-hydrogen) atoms. The van der Waals surface area contributed by atoms with E-state index in [4.69, 9.17) is 14.2 Å². The maximum Gasteiger partial charge on any atom is 0.326 e. The van der Waals surface area contributed by atoms with Crippen LogP contribution in [0, 0.1) is 5.82 Å². The summed E-state index contributed by atoms with van der Waals surface area (Å²) < 4.78 is 29.4. The van der Waals surface area contributed by atoms with Crippen LogP contribution < -0.4 is 20.1 Å². The van der Waals surface area contributed by atoms with Gasteiger partial charge in [-0.15, -0.1) is 0 Å². The Morgan fingerprint density at radius 2 is 1.83 bits per heavy atom. The molecule has 0 saturated heterocycles. The van der Waals surface area contributed by atoms with Gasteiger partial charge in [-0.2, -0.15) is 0 Å². The van der Waals surface area contributed by atoms with Gasteiger partial charge in [-0.1, -0.05) is 12.1 Å². The number of halogens is 1. The van der Waals surface area contributed by atoms with E-state index in [0.29, 0.717) is 30.4 Å². The van der Waals surface area contributed by atoms with E-state index in [1.165, 1.54) is 25.1 Å². The number of rotatable bonds is 6. The Balaban J connectivity index is 1.48. The highest BCUT2D eigenvalue weighted by atomic mass is 19.1. The minimum atomic E-state index is -1.11. The topological polar surface area (TPSA) is 103 Å². The second-order valence-electron chi connectivity index (χ2n) is 6.14. The number of nitrogens with one attached hydrogen (secondary N) is 2. The lowest BCUT2D eigenvalue weighted by molar-refractivity contribution is -0.152.